The van der Waals surface area contributed by atoms with Crippen molar-refractivity contribution >= 4 is 11.6 Å². The zero-order chi connectivity index (χ0) is 14.4. The molecule has 0 aliphatic carbocycles. The van der Waals surface area contributed by atoms with Gasteiger partial charge in [-0.3, -0.25) is 9.78 Å². The molecule has 0 saturated heterocycles. The zero-order valence-corrected chi connectivity index (χ0v) is 11.6. The van der Waals surface area contributed by atoms with Crippen LogP contribution >= 0.6 is 0 Å². The molecule has 2 heterocycles. The van der Waals surface area contributed by atoms with Gasteiger partial charge in [0.05, 0.1) is 24.0 Å². The third-order valence-corrected chi connectivity index (χ3v) is 2.77. The van der Waals surface area contributed by atoms with Gasteiger partial charge < -0.3 is 15.2 Å². The molecule has 20 heavy (non-hydrogen) atoms. The maximum Gasteiger partial charge on any atom is 0.255 e. The van der Waals surface area contributed by atoms with Gasteiger partial charge in [-0.2, -0.15) is 0 Å². The Hall–Kier alpha value is -2.37. The van der Waals surface area contributed by atoms with Gasteiger partial charge in [-0.25, -0.2) is 0 Å². The van der Waals surface area contributed by atoms with Crippen LogP contribution in [0.25, 0.3) is 0 Å². The van der Waals surface area contributed by atoms with Gasteiger partial charge in [-0.1, -0.05) is 12.1 Å². The van der Waals surface area contributed by atoms with Crippen molar-refractivity contribution in [3.05, 3.63) is 41.5 Å². The lowest BCUT2D eigenvalue weighted by molar-refractivity contribution is 0.0947. The Bertz CT molecular complexity index is 567. The topological polar surface area (TPSA) is 80.0 Å². The smallest absolute Gasteiger partial charge is 0.255 e. The average Bonchev–Trinajstić information content (AvgIpc) is 2.96. The van der Waals surface area contributed by atoms with Crippen LogP contribution in [-0.2, 0) is 6.54 Å². The zero-order valence-electron chi connectivity index (χ0n) is 11.6. The van der Waals surface area contributed by atoms with Crippen molar-refractivity contribution < 1.29 is 9.32 Å². The summed E-state index contributed by atoms with van der Waals surface area (Å²) in [5, 5.41) is 9.62. The first kappa shape index (κ1) is 14.0. The van der Waals surface area contributed by atoms with E-state index in [9.17, 15) is 4.79 Å². The van der Waals surface area contributed by atoms with E-state index in [1.54, 1.807) is 18.5 Å². The quantitative estimate of drug-likeness (QED) is 0.843. The SMILES string of the molecule is CCCNc1cc(C)ncc1C(=O)NCc1ccno1. The molecule has 0 bridgehead atoms. The summed E-state index contributed by atoms with van der Waals surface area (Å²) in [5.41, 5.74) is 2.20. The Labute approximate surface area is 117 Å². The van der Waals surface area contributed by atoms with Crippen LogP contribution in [0.2, 0.25) is 0 Å². The molecule has 0 aromatic carbocycles. The number of carbonyl (C=O) groups is 1. The summed E-state index contributed by atoms with van der Waals surface area (Å²) in [6.45, 7) is 5.09. The monoisotopic (exact) mass is 274 g/mol. The summed E-state index contributed by atoms with van der Waals surface area (Å²) in [6.07, 6.45) is 4.12. The Morgan fingerprint density at radius 1 is 1.45 bits per heavy atom. The van der Waals surface area contributed by atoms with Crippen LogP contribution in [-0.4, -0.2) is 22.6 Å². The maximum atomic E-state index is 12.2. The third-order valence-electron chi connectivity index (χ3n) is 2.77. The lowest BCUT2D eigenvalue weighted by Crippen LogP contribution is -2.24. The fourth-order valence-corrected chi connectivity index (χ4v) is 1.74. The molecule has 0 saturated carbocycles. The molecule has 0 atom stereocenters. The standard InChI is InChI=1S/C14H18N4O2/c1-3-5-15-13-7-10(2)16-9-12(13)14(19)17-8-11-4-6-18-20-11/h4,6-7,9H,3,5,8H2,1-2H3,(H,15,16)(H,17,19). The molecule has 6 heteroatoms. The lowest BCUT2D eigenvalue weighted by atomic mass is 10.2. The fourth-order valence-electron chi connectivity index (χ4n) is 1.74. The summed E-state index contributed by atoms with van der Waals surface area (Å²) in [6, 6.07) is 3.59. The van der Waals surface area contributed by atoms with E-state index in [0.29, 0.717) is 17.9 Å². The predicted molar refractivity (Wildman–Crippen MR) is 75.4 cm³/mol. The molecule has 0 fully saturated rings. The van der Waals surface area contributed by atoms with E-state index in [0.717, 1.165) is 24.3 Å². The molecule has 0 radical (unpaired) electrons. The predicted octanol–water partition coefficient (Wildman–Crippen LogP) is 2.13. The van der Waals surface area contributed by atoms with E-state index >= 15 is 0 Å². The molecular weight excluding hydrogens is 256 g/mol. The number of anilines is 1. The molecule has 2 N–H and O–H groups in total. The van der Waals surface area contributed by atoms with E-state index < -0.39 is 0 Å². The van der Waals surface area contributed by atoms with Crippen molar-refractivity contribution in [1.82, 2.24) is 15.5 Å². The lowest BCUT2D eigenvalue weighted by Gasteiger charge is -2.11. The second-order valence-electron chi connectivity index (χ2n) is 4.46. The number of aromatic nitrogens is 2. The first-order chi connectivity index (χ1) is 9.70. The van der Waals surface area contributed by atoms with Crippen LogP contribution in [0.15, 0.2) is 29.0 Å². The molecule has 106 valence electrons. The van der Waals surface area contributed by atoms with Gasteiger partial charge in [0.2, 0.25) is 0 Å². The van der Waals surface area contributed by atoms with Crippen LogP contribution in [0, 0.1) is 6.92 Å². The number of aryl methyl sites for hydroxylation is 1. The number of hydrogen-bond acceptors (Lipinski definition) is 5. The molecule has 1 amide bonds. The minimum Gasteiger partial charge on any atom is -0.384 e. The van der Waals surface area contributed by atoms with Crippen LogP contribution in [0.1, 0.15) is 35.2 Å². The van der Waals surface area contributed by atoms with Gasteiger partial charge in [0.15, 0.2) is 5.76 Å². The number of pyridine rings is 1. The van der Waals surface area contributed by atoms with Gasteiger partial charge in [0.1, 0.15) is 0 Å². The number of nitrogens with zero attached hydrogens (tertiary/aromatic N) is 2. The van der Waals surface area contributed by atoms with Crippen LogP contribution in [0.5, 0.6) is 0 Å². The van der Waals surface area contributed by atoms with Crippen molar-refractivity contribution in [1.29, 1.82) is 0 Å². The highest BCUT2D eigenvalue weighted by molar-refractivity contribution is 5.99. The van der Waals surface area contributed by atoms with Crippen LogP contribution in [0.4, 0.5) is 5.69 Å². The average molecular weight is 274 g/mol. The minimum atomic E-state index is -0.187. The van der Waals surface area contributed by atoms with E-state index in [-0.39, 0.29) is 5.91 Å². The Balaban J connectivity index is 2.07. The van der Waals surface area contributed by atoms with E-state index in [1.807, 2.05) is 13.0 Å². The van der Waals surface area contributed by atoms with Crippen LogP contribution < -0.4 is 10.6 Å². The van der Waals surface area contributed by atoms with Crippen molar-refractivity contribution in [3.63, 3.8) is 0 Å². The van der Waals surface area contributed by atoms with Crippen molar-refractivity contribution in [2.24, 2.45) is 0 Å². The van der Waals surface area contributed by atoms with E-state index in [4.69, 9.17) is 4.52 Å². The second-order valence-corrected chi connectivity index (χ2v) is 4.46. The molecule has 6 nitrogen and oxygen atoms in total. The Kier molecular flexibility index (Phi) is 4.70. The van der Waals surface area contributed by atoms with E-state index in [1.165, 1.54) is 0 Å². The number of rotatable bonds is 6. The summed E-state index contributed by atoms with van der Waals surface area (Å²) < 4.78 is 4.94. The van der Waals surface area contributed by atoms with Crippen LogP contribution in [0.3, 0.4) is 0 Å². The summed E-state index contributed by atoms with van der Waals surface area (Å²) in [5.74, 6) is 0.425. The Morgan fingerprint density at radius 2 is 2.30 bits per heavy atom. The summed E-state index contributed by atoms with van der Waals surface area (Å²) in [7, 11) is 0. The number of amides is 1. The third kappa shape index (κ3) is 3.57. The highest BCUT2D eigenvalue weighted by atomic mass is 16.5. The second kappa shape index (κ2) is 6.70. The minimum absolute atomic E-state index is 0.187. The fraction of sp³-hybridized carbons (Fsp3) is 0.357. The highest BCUT2D eigenvalue weighted by Crippen LogP contribution is 2.16. The highest BCUT2D eigenvalue weighted by Gasteiger charge is 2.12. The maximum absolute atomic E-state index is 12.2. The van der Waals surface area contributed by atoms with Crippen molar-refractivity contribution in [3.8, 4) is 0 Å². The number of nitrogens with one attached hydrogen (secondary N) is 2. The molecular formula is C14H18N4O2. The molecule has 2 aromatic heterocycles. The first-order valence-electron chi connectivity index (χ1n) is 6.59. The van der Waals surface area contributed by atoms with Gasteiger partial charge in [0.25, 0.3) is 5.91 Å². The normalized spacial score (nSPS) is 10.3. The number of carbonyl (C=O) groups excluding carboxylic acids is 1. The van der Waals surface area contributed by atoms with Gasteiger partial charge in [-0.05, 0) is 19.4 Å². The van der Waals surface area contributed by atoms with Gasteiger partial charge in [0, 0.05) is 24.5 Å². The number of hydrogen-bond donors (Lipinski definition) is 2. The molecule has 0 spiro atoms. The molecule has 0 unspecified atom stereocenters. The molecule has 2 aromatic rings. The van der Waals surface area contributed by atoms with E-state index in [2.05, 4.69) is 27.7 Å². The largest absolute Gasteiger partial charge is 0.384 e. The summed E-state index contributed by atoms with van der Waals surface area (Å²) >= 11 is 0. The first-order valence-corrected chi connectivity index (χ1v) is 6.59. The molecule has 0 aliphatic rings. The van der Waals surface area contributed by atoms with Crippen molar-refractivity contribution in [2.75, 3.05) is 11.9 Å². The van der Waals surface area contributed by atoms with Gasteiger partial charge in [-0.15, -0.1) is 0 Å². The Morgan fingerprint density at radius 3 is 3.00 bits per heavy atom. The molecule has 0 aliphatic heterocycles. The molecule has 2 rings (SSSR count). The van der Waals surface area contributed by atoms with Crippen molar-refractivity contribution in [2.45, 2.75) is 26.8 Å². The summed E-state index contributed by atoms with van der Waals surface area (Å²) in [4.78, 5) is 16.4. The van der Waals surface area contributed by atoms with Gasteiger partial charge >= 0.3 is 0 Å².